The maximum absolute atomic E-state index is 12.4. The first-order valence-electron chi connectivity index (χ1n) is 8.22. The molecule has 0 radical (unpaired) electrons. The first-order valence-corrected chi connectivity index (χ1v) is 8.98. The van der Waals surface area contributed by atoms with Crippen LogP contribution in [0.3, 0.4) is 0 Å². The van der Waals surface area contributed by atoms with Crippen molar-refractivity contribution in [3.05, 3.63) is 93.6 Å². The average Bonchev–Trinajstić information content (AvgIpc) is 2.68. The van der Waals surface area contributed by atoms with Gasteiger partial charge in [-0.25, -0.2) is 10.5 Å². The molecule has 0 unspecified atom stereocenters. The first-order chi connectivity index (χ1) is 13.1. The van der Waals surface area contributed by atoms with Gasteiger partial charge in [0.05, 0.1) is 12.2 Å². The Morgan fingerprint density at radius 1 is 1.04 bits per heavy atom. The van der Waals surface area contributed by atoms with Crippen molar-refractivity contribution in [1.29, 1.82) is 0 Å². The molecule has 0 saturated heterocycles. The molecule has 0 aliphatic rings. The smallest absolute Gasteiger partial charge is 0.278 e. The van der Waals surface area contributed by atoms with Crippen LogP contribution in [0.5, 0.6) is 0 Å². The number of hydroxylamine groups is 1. The highest BCUT2D eigenvalue weighted by atomic mass is 35.5. The van der Waals surface area contributed by atoms with Gasteiger partial charge < -0.3 is 5.32 Å². The minimum Gasteiger partial charge on any atom is -0.365 e. The first kappa shape index (κ1) is 19.2. The van der Waals surface area contributed by atoms with E-state index in [-0.39, 0.29) is 12.5 Å². The van der Waals surface area contributed by atoms with Gasteiger partial charge >= 0.3 is 0 Å². The molecule has 1 heterocycles. The highest BCUT2D eigenvalue weighted by Gasteiger charge is 2.13. The Hall–Kier alpha value is -2.60. The number of hydrogen-bond acceptors (Lipinski definition) is 4. The number of carbonyl (C=O) groups excluding carboxylic acids is 1. The summed E-state index contributed by atoms with van der Waals surface area (Å²) in [5, 5.41) is 4.24. The van der Waals surface area contributed by atoms with E-state index in [4.69, 9.17) is 28.0 Å². The molecule has 0 atom stereocenters. The molecule has 3 rings (SSSR count). The Kier molecular flexibility index (Phi) is 6.65. The predicted molar refractivity (Wildman–Crippen MR) is 107 cm³/mol. The fraction of sp³-hybridized carbons (Fsp3) is 0.100. The number of benzene rings is 2. The van der Waals surface area contributed by atoms with Crippen LogP contribution in [0.1, 0.15) is 21.5 Å². The van der Waals surface area contributed by atoms with E-state index in [9.17, 15) is 4.79 Å². The molecule has 1 amide bonds. The van der Waals surface area contributed by atoms with E-state index >= 15 is 0 Å². The van der Waals surface area contributed by atoms with Gasteiger partial charge in [-0.1, -0.05) is 59.6 Å². The summed E-state index contributed by atoms with van der Waals surface area (Å²) in [5.41, 5.74) is 4.62. The van der Waals surface area contributed by atoms with Crippen LogP contribution >= 0.6 is 23.2 Å². The molecule has 0 aliphatic heterocycles. The number of rotatable bonds is 7. The summed E-state index contributed by atoms with van der Waals surface area (Å²) in [6, 6.07) is 18.2. The summed E-state index contributed by atoms with van der Waals surface area (Å²) < 4.78 is 0. The Morgan fingerprint density at radius 3 is 2.63 bits per heavy atom. The van der Waals surface area contributed by atoms with Crippen molar-refractivity contribution in [1.82, 2.24) is 10.5 Å². The molecule has 5 nitrogen and oxygen atoms in total. The summed E-state index contributed by atoms with van der Waals surface area (Å²) in [4.78, 5) is 21.9. The lowest BCUT2D eigenvalue weighted by molar-refractivity contribution is 0.0234. The second-order valence-electron chi connectivity index (χ2n) is 5.69. The zero-order valence-electron chi connectivity index (χ0n) is 14.3. The van der Waals surface area contributed by atoms with E-state index in [1.807, 2.05) is 36.4 Å². The molecule has 3 aromatic rings. The van der Waals surface area contributed by atoms with Gasteiger partial charge in [0.15, 0.2) is 0 Å². The third-order valence-electron chi connectivity index (χ3n) is 3.76. The summed E-state index contributed by atoms with van der Waals surface area (Å²) in [7, 11) is 0. The number of halogens is 2. The topological polar surface area (TPSA) is 63.2 Å². The minimum absolute atomic E-state index is 0.274. The van der Waals surface area contributed by atoms with Crippen LogP contribution in [0.4, 0.5) is 5.82 Å². The van der Waals surface area contributed by atoms with Gasteiger partial charge in [0.1, 0.15) is 5.82 Å². The zero-order valence-corrected chi connectivity index (χ0v) is 15.8. The molecule has 7 heteroatoms. The normalized spacial score (nSPS) is 10.4. The quantitative estimate of drug-likeness (QED) is 0.554. The molecular formula is C20H17Cl2N3O2. The molecule has 27 heavy (non-hydrogen) atoms. The van der Waals surface area contributed by atoms with Crippen molar-refractivity contribution < 1.29 is 9.63 Å². The van der Waals surface area contributed by atoms with Crippen LogP contribution in [0.25, 0.3) is 0 Å². The number of aromatic nitrogens is 1. The molecule has 1 aromatic heterocycles. The molecular weight excluding hydrogens is 385 g/mol. The molecule has 0 fully saturated rings. The average molecular weight is 402 g/mol. The van der Waals surface area contributed by atoms with E-state index in [1.54, 1.807) is 30.5 Å². The Balaban J connectivity index is 1.61. The number of anilines is 1. The molecule has 0 spiro atoms. The second kappa shape index (κ2) is 9.37. The van der Waals surface area contributed by atoms with E-state index < -0.39 is 0 Å². The Labute approximate surface area is 167 Å². The Morgan fingerprint density at radius 2 is 1.85 bits per heavy atom. The number of pyridine rings is 1. The summed E-state index contributed by atoms with van der Waals surface area (Å²) in [5.74, 6) is 0.0491. The highest BCUT2D eigenvalue weighted by molar-refractivity contribution is 6.35. The third kappa shape index (κ3) is 5.44. The van der Waals surface area contributed by atoms with Gasteiger partial charge in [0, 0.05) is 22.8 Å². The summed E-state index contributed by atoms with van der Waals surface area (Å²) >= 11 is 12.1. The van der Waals surface area contributed by atoms with Crippen molar-refractivity contribution in [2.45, 2.75) is 13.2 Å². The van der Waals surface area contributed by atoms with Crippen LogP contribution in [0.2, 0.25) is 10.0 Å². The van der Waals surface area contributed by atoms with E-state index in [1.165, 1.54) is 0 Å². The predicted octanol–water partition coefficient (Wildman–Crippen LogP) is 4.86. The zero-order chi connectivity index (χ0) is 19.1. The Bertz CT molecular complexity index is 920. The van der Waals surface area contributed by atoms with E-state index in [2.05, 4.69) is 15.8 Å². The van der Waals surface area contributed by atoms with Crippen molar-refractivity contribution >= 4 is 34.9 Å². The van der Waals surface area contributed by atoms with Gasteiger partial charge in [0.2, 0.25) is 0 Å². The number of amides is 1. The van der Waals surface area contributed by atoms with Crippen LogP contribution in [0, 0.1) is 0 Å². The molecule has 0 bridgehead atoms. The van der Waals surface area contributed by atoms with Gasteiger partial charge in [-0.3, -0.25) is 9.63 Å². The van der Waals surface area contributed by atoms with Crippen LogP contribution in [-0.2, 0) is 18.0 Å². The summed E-state index contributed by atoms with van der Waals surface area (Å²) in [6.07, 6.45) is 1.60. The maximum Gasteiger partial charge on any atom is 0.278 e. The monoisotopic (exact) mass is 401 g/mol. The second-order valence-corrected chi connectivity index (χ2v) is 6.54. The van der Waals surface area contributed by atoms with E-state index in [0.717, 1.165) is 11.1 Å². The minimum atomic E-state index is -0.385. The van der Waals surface area contributed by atoms with E-state index in [0.29, 0.717) is 28.0 Å². The lowest BCUT2D eigenvalue weighted by Crippen LogP contribution is -2.25. The molecule has 0 saturated carbocycles. The SMILES string of the molecule is O=C(NOCc1ccccc1)c1cccnc1NCc1ccc(Cl)cc1Cl. The van der Waals surface area contributed by atoms with Gasteiger partial charge in [-0.2, -0.15) is 0 Å². The van der Waals surface area contributed by atoms with Crippen molar-refractivity contribution in [2.75, 3.05) is 5.32 Å². The van der Waals surface area contributed by atoms with Crippen LogP contribution < -0.4 is 10.8 Å². The standard InChI is InChI=1S/C20H17Cl2N3O2/c21-16-9-8-15(18(22)11-16)12-24-19-17(7-4-10-23-19)20(26)25-27-13-14-5-2-1-3-6-14/h1-11H,12-13H2,(H,23,24)(H,25,26). The van der Waals surface area contributed by atoms with Crippen molar-refractivity contribution in [3.63, 3.8) is 0 Å². The van der Waals surface area contributed by atoms with Crippen molar-refractivity contribution in [2.24, 2.45) is 0 Å². The largest absolute Gasteiger partial charge is 0.365 e. The number of nitrogens with zero attached hydrogens (tertiary/aromatic N) is 1. The maximum atomic E-state index is 12.4. The fourth-order valence-corrected chi connectivity index (χ4v) is 2.86. The lowest BCUT2D eigenvalue weighted by atomic mass is 10.2. The molecule has 2 aromatic carbocycles. The highest BCUT2D eigenvalue weighted by Crippen LogP contribution is 2.22. The number of hydrogen-bond donors (Lipinski definition) is 2. The number of nitrogens with one attached hydrogen (secondary N) is 2. The molecule has 2 N–H and O–H groups in total. The van der Waals surface area contributed by atoms with Gasteiger partial charge in [-0.15, -0.1) is 0 Å². The molecule has 0 aliphatic carbocycles. The molecule has 138 valence electrons. The summed E-state index contributed by atoms with van der Waals surface area (Å²) in [6.45, 7) is 0.675. The number of carbonyl (C=O) groups is 1. The van der Waals surface area contributed by atoms with Gasteiger partial charge in [0.25, 0.3) is 5.91 Å². The van der Waals surface area contributed by atoms with Crippen LogP contribution in [-0.4, -0.2) is 10.9 Å². The lowest BCUT2D eigenvalue weighted by Gasteiger charge is -2.12. The van der Waals surface area contributed by atoms with Gasteiger partial charge in [-0.05, 0) is 35.4 Å². The van der Waals surface area contributed by atoms with Crippen molar-refractivity contribution in [3.8, 4) is 0 Å². The fourth-order valence-electron chi connectivity index (χ4n) is 2.39. The van der Waals surface area contributed by atoms with Crippen LogP contribution in [0.15, 0.2) is 66.9 Å². The third-order valence-corrected chi connectivity index (χ3v) is 4.35.